The van der Waals surface area contributed by atoms with Crippen molar-refractivity contribution in [3.8, 4) is 10.6 Å². The fraction of sp³-hybridized carbons (Fsp3) is 0.200. The molecule has 8 heteroatoms. The van der Waals surface area contributed by atoms with E-state index < -0.39 is 0 Å². The maximum atomic E-state index is 12.3. The lowest BCUT2D eigenvalue weighted by Gasteiger charge is -2.11. The highest BCUT2D eigenvalue weighted by atomic mass is 32.1. The fourth-order valence-electron chi connectivity index (χ4n) is 1.94. The maximum Gasteiger partial charge on any atom is 0.274 e. The lowest BCUT2D eigenvalue weighted by molar-refractivity contribution is 0.0946. The Kier molecular flexibility index (Phi) is 4.33. The monoisotopic (exact) mass is 329 g/mol. The molecule has 0 saturated heterocycles. The van der Waals surface area contributed by atoms with Crippen LogP contribution in [0.1, 0.15) is 16.2 Å². The van der Waals surface area contributed by atoms with Gasteiger partial charge in [0.25, 0.3) is 5.91 Å². The number of carbonyl (C=O) groups excluding carboxylic acids is 1. The summed E-state index contributed by atoms with van der Waals surface area (Å²) in [4.78, 5) is 27.5. The highest BCUT2D eigenvalue weighted by Crippen LogP contribution is 2.27. The van der Waals surface area contributed by atoms with Gasteiger partial charge in [-0.05, 0) is 17.5 Å². The molecule has 0 aliphatic rings. The van der Waals surface area contributed by atoms with Gasteiger partial charge in [-0.15, -0.1) is 11.3 Å². The largest absolute Gasteiger partial charge is 0.442 e. The molecule has 3 aromatic rings. The normalized spacial score (nSPS) is 10.5. The third-order valence-corrected chi connectivity index (χ3v) is 3.93. The summed E-state index contributed by atoms with van der Waals surface area (Å²) in [6, 6.07) is 5.54. The third-order valence-electron chi connectivity index (χ3n) is 3.06. The van der Waals surface area contributed by atoms with E-state index in [2.05, 4.69) is 20.3 Å². The van der Waals surface area contributed by atoms with Crippen LogP contribution in [0.25, 0.3) is 10.6 Å². The van der Waals surface area contributed by atoms with Crippen molar-refractivity contribution in [3.63, 3.8) is 0 Å². The lowest BCUT2D eigenvalue weighted by Crippen LogP contribution is -2.24. The first-order chi connectivity index (χ1) is 11.1. The highest BCUT2D eigenvalue weighted by molar-refractivity contribution is 7.13. The Hall–Kier alpha value is -2.74. The van der Waals surface area contributed by atoms with E-state index >= 15 is 0 Å². The number of anilines is 1. The molecule has 0 atom stereocenters. The van der Waals surface area contributed by atoms with E-state index in [-0.39, 0.29) is 11.6 Å². The summed E-state index contributed by atoms with van der Waals surface area (Å²) in [5.74, 6) is 0.777. The molecule has 7 nitrogen and oxygen atoms in total. The van der Waals surface area contributed by atoms with Crippen molar-refractivity contribution in [1.82, 2.24) is 20.3 Å². The van der Waals surface area contributed by atoms with Crippen molar-refractivity contribution in [2.75, 3.05) is 19.0 Å². The zero-order chi connectivity index (χ0) is 16.2. The van der Waals surface area contributed by atoms with Gasteiger partial charge in [0.05, 0.1) is 17.1 Å². The van der Waals surface area contributed by atoms with E-state index in [1.807, 2.05) is 31.6 Å². The standard InChI is InChI=1S/C15H15N5O2S/c1-20(2)15-16-6-5-10(19-15)8-17-14(21)12-13(22-9-18-12)11-4-3-7-23-11/h3-7,9H,8H2,1-2H3,(H,17,21). The van der Waals surface area contributed by atoms with E-state index in [9.17, 15) is 4.79 Å². The molecule has 3 heterocycles. The maximum absolute atomic E-state index is 12.3. The average molecular weight is 329 g/mol. The minimum Gasteiger partial charge on any atom is -0.442 e. The van der Waals surface area contributed by atoms with Crippen LogP contribution in [-0.2, 0) is 6.54 Å². The van der Waals surface area contributed by atoms with Gasteiger partial charge in [-0.2, -0.15) is 0 Å². The van der Waals surface area contributed by atoms with Crippen LogP contribution < -0.4 is 10.2 Å². The Labute approximate surface area is 137 Å². The first kappa shape index (κ1) is 15.2. The number of hydrogen-bond donors (Lipinski definition) is 1. The molecule has 1 N–H and O–H groups in total. The molecule has 0 aliphatic carbocycles. The molecule has 0 unspecified atom stereocenters. The molecule has 3 aromatic heterocycles. The molecule has 0 radical (unpaired) electrons. The minimum absolute atomic E-state index is 0.273. The quantitative estimate of drug-likeness (QED) is 0.772. The summed E-state index contributed by atoms with van der Waals surface area (Å²) in [7, 11) is 3.72. The molecule has 0 aromatic carbocycles. The number of thiophene rings is 1. The fourth-order valence-corrected chi connectivity index (χ4v) is 2.66. The number of amides is 1. The van der Waals surface area contributed by atoms with Crippen molar-refractivity contribution in [2.24, 2.45) is 0 Å². The second-order valence-corrected chi connectivity index (χ2v) is 5.88. The van der Waals surface area contributed by atoms with E-state index in [4.69, 9.17) is 4.42 Å². The van der Waals surface area contributed by atoms with Crippen LogP contribution in [-0.4, -0.2) is 35.0 Å². The van der Waals surface area contributed by atoms with Crippen molar-refractivity contribution in [2.45, 2.75) is 6.54 Å². The Balaban J connectivity index is 1.71. The summed E-state index contributed by atoms with van der Waals surface area (Å²) < 4.78 is 5.34. The minimum atomic E-state index is -0.299. The van der Waals surface area contributed by atoms with Crippen LogP contribution in [0.2, 0.25) is 0 Å². The molecule has 0 bridgehead atoms. The predicted molar refractivity (Wildman–Crippen MR) is 87.3 cm³/mol. The van der Waals surface area contributed by atoms with Gasteiger partial charge >= 0.3 is 0 Å². The summed E-state index contributed by atoms with van der Waals surface area (Å²) in [5, 5.41) is 4.72. The lowest BCUT2D eigenvalue weighted by atomic mass is 10.2. The van der Waals surface area contributed by atoms with Crippen LogP contribution in [0.15, 0.2) is 40.6 Å². The Morgan fingerprint density at radius 2 is 2.22 bits per heavy atom. The third kappa shape index (κ3) is 3.37. The topological polar surface area (TPSA) is 84.2 Å². The van der Waals surface area contributed by atoms with E-state index in [0.29, 0.717) is 18.3 Å². The molecule has 23 heavy (non-hydrogen) atoms. The number of oxazole rings is 1. The molecule has 0 fully saturated rings. The van der Waals surface area contributed by atoms with Crippen molar-refractivity contribution >= 4 is 23.2 Å². The molecular formula is C15H15N5O2S. The van der Waals surface area contributed by atoms with Crippen molar-refractivity contribution in [3.05, 3.63) is 47.6 Å². The smallest absolute Gasteiger partial charge is 0.274 e. The van der Waals surface area contributed by atoms with Crippen LogP contribution >= 0.6 is 11.3 Å². The number of nitrogens with one attached hydrogen (secondary N) is 1. The zero-order valence-corrected chi connectivity index (χ0v) is 13.5. The van der Waals surface area contributed by atoms with E-state index in [1.54, 1.807) is 17.2 Å². The van der Waals surface area contributed by atoms with Gasteiger partial charge in [0.1, 0.15) is 0 Å². The van der Waals surface area contributed by atoms with Crippen molar-refractivity contribution < 1.29 is 9.21 Å². The molecule has 1 amide bonds. The molecule has 0 spiro atoms. The second-order valence-electron chi connectivity index (χ2n) is 4.93. The second kappa shape index (κ2) is 6.57. The van der Waals surface area contributed by atoms with Gasteiger partial charge in [-0.3, -0.25) is 4.79 Å². The van der Waals surface area contributed by atoms with Gasteiger partial charge in [0.15, 0.2) is 17.8 Å². The number of nitrogens with zero attached hydrogens (tertiary/aromatic N) is 4. The number of hydrogen-bond acceptors (Lipinski definition) is 7. The molecule has 3 rings (SSSR count). The Bertz CT molecular complexity index is 798. The Morgan fingerprint density at radius 3 is 2.96 bits per heavy atom. The van der Waals surface area contributed by atoms with Gasteiger partial charge in [-0.1, -0.05) is 6.07 Å². The number of aromatic nitrogens is 3. The zero-order valence-electron chi connectivity index (χ0n) is 12.7. The number of carbonyl (C=O) groups is 1. The average Bonchev–Trinajstić information content (AvgIpc) is 3.23. The Morgan fingerprint density at radius 1 is 1.35 bits per heavy atom. The van der Waals surface area contributed by atoms with Gasteiger partial charge in [0, 0.05) is 20.3 Å². The molecule has 0 saturated carbocycles. The summed E-state index contributed by atoms with van der Waals surface area (Å²) >= 11 is 1.49. The van der Waals surface area contributed by atoms with E-state index in [0.717, 1.165) is 10.6 Å². The van der Waals surface area contributed by atoms with Gasteiger partial charge in [-0.25, -0.2) is 15.0 Å². The van der Waals surface area contributed by atoms with Crippen LogP contribution in [0.5, 0.6) is 0 Å². The van der Waals surface area contributed by atoms with Crippen LogP contribution in [0.3, 0.4) is 0 Å². The SMILES string of the molecule is CN(C)c1nccc(CNC(=O)c2ncoc2-c2cccs2)n1. The molecule has 0 aliphatic heterocycles. The van der Waals surface area contributed by atoms with Gasteiger partial charge < -0.3 is 14.6 Å². The molecular weight excluding hydrogens is 314 g/mol. The van der Waals surface area contributed by atoms with E-state index in [1.165, 1.54) is 17.7 Å². The van der Waals surface area contributed by atoms with Gasteiger partial charge in [0.2, 0.25) is 5.95 Å². The van der Waals surface area contributed by atoms with Crippen LogP contribution in [0, 0.1) is 0 Å². The predicted octanol–water partition coefficient (Wildman–Crippen LogP) is 2.19. The van der Waals surface area contributed by atoms with Crippen LogP contribution in [0.4, 0.5) is 5.95 Å². The summed E-state index contributed by atoms with van der Waals surface area (Å²) in [6.45, 7) is 0.291. The summed E-state index contributed by atoms with van der Waals surface area (Å²) in [6.07, 6.45) is 2.94. The molecule has 118 valence electrons. The number of rotatable bonds is 5. The van der Waals surface area contributed by atoms with Crippen molar-refractivity contribution in [1.29, 1.82) is 0 Å². The first-order valence-electron chi connectivity index (χ1n) is 6.90. The first-order valence-corrected chi connectivity index (χ1v) is 7.78. The highest BCUT2D eigenvalue weighted by Gasteiger charge is 2.18. The summed E-state index contributed by atoms with van der Waals surface area (Å²) in [5.41, 5.74) is 0.993.